The Bertz CT molecular complexity index is 1040. The summed E-state index contributed by atoms with van der Waals surface area (Å²) < 4.78 is 11.6. The Balaban J connectivity index is 1.86. The third-order valence-corrected chi connectivity index (χ3v) is 4.84. The van der Waals surface area contributed by atoms with Crippen molar-refractivity contribution >= 4 is 20.4 Å². The van der Waals surface area contributed by atoms with E-state index in [0.717, 1.165) is 17.4 Å². The Morgan fingerprint density at radius 3 is 1.97 bits per heavy atom. The third-order valence-electron chi connectivity index (χ3n) is 4.19. The monoisotopic (exact) mass is 423 g/mol. The molecule has 1 radical (unpaired) electrons. The van der Waals surface area contributed by atoms with Gasteiger partial charge in [0, 0.05) is 12.1 Å². The van der Waals surface area contributed by atoms with Crippen molar-refractivity contribution in [3.8, 4) is 22.6 Å². The van der Waals surface area contributed by atoms with E-state index < -0.39 is 18.9 Å². The topological polar surface area (TPSA) is 105 Å². The van der Waals surface area contributed by atoms with Crippen LogP contribution in [0.4, 0.5) is 11.4 Å². The van der Waals surface area contributed by atoms with E-state index >= 15 is 0 Å². The number of hydrogen-bond donors (Lipinski definition) is 0. The Morgan fingerprint density at radius 2 is 1.40 bits per heavy atom. The van der Waals surface area contributed by atoms with Gasteiger partial charge >= 0.3 is 0 Å². The molecule has 3 aromatic carbocycles. The first-order valence-corrected chi connectivity index (χ1v) is 11.5. The van der Waals surface area contributed by atoms with Gasteiger partial charge < -0.3 is 9.16 Å². The molecule has 30 heavy (non-hydrogen) atoms. The molecule has 0 spiro atoms. The van der Waals surface area contributed by atoms with Crippen LogP contribution in [0, 0.1) is 20.2 Å². The van der Waals surface area contributed by atoms with Crippen LogP contribution in [-0.4, -0.2) is 18.9 Å². The van der Waals surface area contributed by atoms with Gasteiger partial charge in [0.25, 0.3) is 20.4 Å². The molecule has 0 saturated heterocycles. The molecule has 9 heteroatoms. The van der Waals surface area contributed by atoms with Crippen molar-refractivity contribution < 1.29 is 19.0 Å². The van der Waals surface area contributed by atoms with Crippen molar-refractivity contribution in [1.82, 2.24) is 0 Å². The van der Waals surface area contributed by atoms with Gasteiger partial charge in [-0.1, -0.05) is 24.3 Å². The zero-order valence-electron chi connectivity index (χ0n) is 16.4. The largest absolute Gasteiger partial charge is 0.543 e. The van der Waals surface area contributed by atoms with Crippen LogP contribution < -0.4 is 9.16 Å². The molecule has 0 amide bonds. The number of rotatable bonds is 8. The first-order valence-electron chi connectivity index (χ1n) is 9.06. The van der Waals surface area contributed by atoms with Crippen LogP contribution in [0.2, 0.25) is 13.1 Å². The molecule has 0 atom stereocenters. The zero-order chi connectivity index (χ0) is 21.7. The summed E-state index contributed by atoms with van der Waals surface area (Å²) in [5.41, 5.74) is 1.10. The van der Waals surface area contributed by atoms with Gasteiger partial charge in [-0.2, -0.15) is 0 Å². The predicted molar refractivity (Wildman–Crippen MR) is 114 cm³/mol. The number of non-ortho nitro benzene ring substituents is 2. The summed E-state index contributed by atoms with van der Waals surface area (Å²) in [4.78, 5) is 21.1. The smallest absolute Gasteiger partial charge is 0.276 e. The van der Waals surface area contributed by atoms with Crippen LogP contribution in [0.3, 0.4) is 0 Å². The molecular weight excluding hydrogens is 404 g/mol. The summed E-state index contributed by atoms with van der Waals surface area (Å²) in [6.07, 6.45) is 0. The highest BCUT2D eigenvalue weighted by molar-refractivity contribution is 6.49. The standard InChI is InChI=1S/C21H19N2O6Si/c1-30(2)29-20-9-7-19(8-10-20)28-14-15-5-3-4-6-21(15)16-11-17(22(24)25)13-18(12-16)23(26)27/h3-13H,14H2,1-2H3. The lowest BCUT2D eigenvalue weighted by Crippen LogP contribution is -2.10. The molecule has 0 saturated carbocycles. The van der Waals surface area contributed by atoms with E-state index in [2.05, 4.69) is 0 Å². The first-order chi connectivity index (χ1) is 14.3. The highest BCUT2D eigenvalue weighted by Gasteiger charge is 2.18. The van der Waals surface area contributed by atoms with E-state index in [4.69, 9.17) is 9.16 Å². The fourth-order valence-electron chi connectivity index (χ4n) is 2.89. The van der Waals surface area contributed by atoms with Crippen molar-refractivity contribution in [2.75, 3.05) is 0 Å². The molecule has 0 aliphatic rings. The van der Waals surface area contributed by atoms with Crippen molar-refractivity contribution in [1.29, 1.82) is 0 Å². The van der Waals surface area contributed by atoms with Gasteiger partial charge in [0.1, 0.15) is 18.1 Å². The fraction of sp³-hybridized carbons (Fsp3) is 0.143. The predicted octanol–water partition coefficient (Wildman–Crippen LogP) is 5.38. The average Bonchev–Trinajstić information content (AvgIpc) is 2.72. The van der Waals surface area contributed by atoms with E-state index in [1.54, 1.807) is 24.3 Å². The van der Waals surface area contributed by atoms with E-state index in [9.17, 15) is 20.2 Å². The van der Waals surface area contributed by atoms with E-state index in [1.807, 2.05) is 37.4 Å². The van der Waals surface area contributed by atoms with Crippen molar-refractivity contribution in [3.05, 3.63) is 92.5 Å². The van der Waals surface area contributed by atoms with Crippen LogP contribution >= 0.6 is 0 Å². The maximum Gasteiger partial charge on any atom is 0.276 e. The second-order valence-corrected chi connectivity index (χ2v) is 8.70. The molecule has 0 aliphatic carbocycles. The number of nitrogens with zero attached hydrogens (tertiary/aromatic N) is 2. The number of benzene rings is 3. The third kappa shape index (κ3) is 5.20. The number of nitro benzene ring substituents is 2. The second-order valence-electron chi connectivity index (χ2n) is 6.68. The number of ether oxygens (including phenoxy) is 1. The normalized spacial score (nSPS) is 10.6. The van der Waals surface area contributed by atoms with Crippen LogP contribution in [0.5, 0.6) is 11.5 Å². The average molecular weight is 423 g/mol. The molecule has 0 fully saturated rings. The first kappa shape index (κ1) is 21.0. The minimum Gasteiger partial charge on any atom is -0.543 e. The molecule has 0 aromatic heterocycles. The molecule has 0 N–H and O–H groups in total. The summed E-state index contributed by atoms with van der Waals surface area (Å²) in [5, 5.41) is 22.4. The van der Waals surface area contributed by atoms with Gasteiger partial charge in [0.15, 0.2) is 0 Å². The van der Waals surface area contributed by atoms with Gasteiger partial charge in [-0.15, -0.1) is 0 Å². The SMILES string of the molecule is C[Si](C)Oc1ccc(OCc2ccccc2-c2cc([N+](=O)[O-])cc([N+](=O)[O-])c2)cc1. The highest BCUT2D eigenvalue weighted by atomic mass is 28.3. The minimum atomic E-state index is -0.846. The lowest BCUT2D eigenvalue weighted by atomic mass is 9.99. The summed E-state index contributed by atoms with van der Waals surface area (Å²) in [7, 11) is -0.846. The van der Waals surface area contributed by atoms with Gasteiger partial charge in [0.05, 0.1) is 15.9 Å². The minimum absolute atomic E-state index is 0.198. The number of hydrogen-bond acceptors (Lipinski definition) is 6. The Labute approximate surface area is 174 Å². The zero-order valence-corrected chi connectivity index (χ0v) is 17.4. The quantitative estimate of drug-likeness (QED) is 0.274. The fourth-order valence-corrected chi connectivity index (χ4v) is 3.50. The van der Waals surface area contributed by atoms with E-state index in [1.165, 1.54) is 12.1 Å². The van der Waals surface area contributed by atoms with Crippen LogP contribution in [0.25, 0.3) is 11.1 Å². The van der Waals surface area contributed by atoms with E-state index in [-0.39, 0.29) is 18.0 Å². The molecule has 0 heterocycles. The summed E-state index contributed by atoms with van der Waals surface area (Å²) in [6, 6.07) is 18.0. The van der Waals surface area contributed by atoms with Gasteiger partial charge in [0.2, 0.25) is 0 Å². The Kier molecular flexibility index (Phi) is 6.43. The maximum atomic E-state index is 11.2. The van der Waals surface area contributed by atoms with Crippen molar-refractivity contribution in [2.45, 2.75) is 19.7 Å². The van der Waals surface area contributed by atoms with Crippen LogP contribution in [-0.2, 0) is 6.61 Å². The number of nitro groups is 2. The molecule has 0 aliphatic heterocycles. The lowest BCUT2D eigenvalue weighted by molar-refractivity contribution is -0.394. The highest BCUT2D eigenvalue weighted by Crippen LogP contribution is 2.32. The van der Waals surface area contributed by atoms with Gasteiger partial charge in [-0.25, -0.2) is 0 Å². The van der Waals surface area contributed by atoms with Crippen LogP contribution in [0.15, 0.2) is 66.7 Å². The summed E-state index contributed by atoms with van der Waals surface area (Å²) in [5.74, 6) is 1.42. The van der Waals surface area contributed by atoms with Crippen LogP contribution in [0.1, 0.15) is 5.56 Å². The Morgan fingerprint density at radius 1 is 0.833 bits per heavy atom. The molecule has 0 unspecified atom stereocenters. The molecular formula is C21H19N2O6Si. The van der Waals surface area contributed by atoms with Gasteiger partial charge in [-0.3, -0.25) is 20.2 Å². The van der Waals surface area contributed by atoms with Crippen molar-refractivity contribution in [3.63, 3.8) is 0 Å². The second kappa shape index (κ2) is 9.18. The lowest BCUT2D eigenvalue weighted by Gasteiger charge is -2.13. The molecule has 0 bridgehead atoms. The summed E-state index contributed by atoms with van der Waals surface area (Å²) >= 11 is 0. The molecule has 3 rings (SSSR count). The molecule has 8 nitrogen and oxygen atoms in total. The Hall–Kier alpha value is -3.72. The maximum absolute atomic E-state index is 11.2. The molecule has 3 aromatic rings. The van der Waals surface area contributed by atoms with E-state index in [0.29, 0.717) is 16.9 Å². The summed E-state index contributed by atoms with van der Waals surface area (Å²) in [6.45, 7) is 4.29. The van der Waals surface area contributed by atoms with Crippen molar-refractivity contribution in [2.24, 2.45) is 0 Å². The molecule has 153 valence electrons. The van der Waals surface area contributed by atoms with Gasteiger partial charge in [-0.05, 0) is 54.0 Å².